The molecule has 0 spiro atoms. The van der Waals surface area contributed by atoms with Gasteiger partial charge in [0, 0.05) is 18.9 Å². The molecular weight excluding hydrogens is 344 g/mol. The second-order valence-electron chi connectivity index (χ2n) is 5.64. The van der Waals surface area contributed by atoms with E-state index >= 15 is 0 Å². The van der Waals surface area contributed by atoms with Gasteiger partial charge in [-0.05, 0) is 42.5 Å². The largest absolute Gasteiger partial charge is 0.497 e. The Kier molecular flexibility index (Phi) is 7.58. The number of hydrogen-bond donors (Lipinski definition) is 2. The Hall–Kier alpha value is -3.12. The number of nitrogens with one attached hydrogen (secondary N) is 1. The molecule has 2 N–H and O–H groups in total. The predicted octanol–water partition coefficient (Wildman–Crippen LogP) is 4.51. The summed E-state index contributed by atoms with van der Waals surface area (Å²) in [6.45, 7) is 3.70. The van der Waals surface area contributed by atoms with Crippen molar-refractivity contribution in [2.24, 2.45) is 0 Å². The highest BCUT2D eigenvalue weighted by atomic mass is 16.5. The summed E-state index contributed by atoms with van der Waals surface area (Å²) in [6.07, 6.45) is 7.68. The summed E-state index contributed by atoms with van der Waals surface area (Å²) in [5.41, 5.74) is 1.55. The van der Waals surface area contributed by atoms with Crippen LogP contribution in [0.25, 0.3) is 17.2 Å². The zero-order valence-electron chi connectivity index (χ0n) is 15.6. The first-order valence-corrected chi connectivity index (χ1v) is 8.63. The van der Waals surface area contributed by atoms with Gasteiger partial charge in [0.25, 0.3) is 5.91 Å². The molecule has 1 fully saturated rings. The molecule has 1 aliphatic carbocycles. The van der Waals surface area contributed by atoms with Gasteiger partial charge in [-0.15, -0.1) is 0 Å². The molecule has 1 aromatic carbocycles. The van der Waals surface area contributed by atoms with Crippen molar-refractivity contribution in [3.8, 4) is 5.75 Å². The van der Waals surface area contributed by atoms with Crippen molar-refractivity contribution >= 4 is 28.8 Å². The number of hydrogen-bond acceptors (Lipinski definition) is 5. The minimum absolute atomic E-state index is 0.239. The highest BCUT2D eigenvalue weighted by Gasteiger charge is 2.16. The summed E-state index contributed by atoms with van der Waals surface area (Å²) >= 11 is 0. The van der Waals surface area contributed by atoms with Crippen LogP contribution >= 0.6 is 0 Å². The van der Waals surface area contributed by atoms with Gasteiger partial charge in [-0.3, -0.25) is 4.79 Å². The number of furan rings is 1. The number of methoxy groups -OCH3 is 1. The average Bonchev–Trinajstić information content (AvgIpc) is 3.58. The molecule has 142 valence electrons. The number of carbonyl (C=O) groups is 1. The van der Waals surface area contributed by atoms with E-state index in [0.29, 0.717) is 28.5 Å². The number of amides is 1. The van der Waals surface area contributed by atoms with Crippen molar-refractivity contribution in [3.05, 3.63) is 60.5 Å². The number of ether oxygens (including phenoxy) is 1. The maximum Gasteiger partial charge on any atom is 0.255 e. The molecule has 2 heterocycles. The Morgan fingerprint density at radius 1 is 1.22 bits per heavy atom. The van der Waals surface area contributed by atoms with Crippen molar-refractivity contribution in [1.82, 2.24) is 4.98 Å². The number of aliphatic hydroxyl groups is 1. The molecule has 27 heavy (non-hydrogen) atoms. The first kappa shape index (κ1) is 20.2. The van der Waals surface area contributed by atoms with E-state index in [1.54, 1.807) is 49.7 Å². The van der Waals surface area contributed by atoms with Crippen LogP contribution in [0.3, 0.4) is 0 Å². The molecule has 3 aromatic rings. The molecule has 1 amide bonds. The molecule has 0 unspecified atom stereocenters. The Bertz CT molecular complexity index is 880. The zero-order valence-corrected chi connectivity index (χ0v) is 15.6. The first-order chi connectivity index (χ1) is 13.2. The van der Waals surface area contributed by atoms with E-state index in [-0.39, 0.29) is 5.91 Å². The number of nitrogens with zero attached hydrogens (tertiary/aromatic N) is 1. The maximum absolute atomic E-state index is 12.4. The van der Waals surface area contributed by atoms with Crippen LogP contribution in [0.15, 0.2) is 53.6 Å². The molecule has 0 radical (unpaired) electrons. The lowest BCUT2D eigenvalue weighted by Gasteiger charge is -2.05. The van der Waals surface area contributed by atoms with Crippen LogP contribution in [0.4, 0.5) is 5.69 Å². The van der Waals surface area contributed by atoms with Crippen LogP contribution in [0.5, 0.6) is 5.75 Å². The molecular formula is C21H24N2O4. The Morgan fingerprint density at radius 2 is 1.89 bits per heavy atom. The van der Waals surface area contributed by atoms with Gasteiger partial charge < -0.3 is 19.6 Å². The van der Waals surface area contributed by atoms with E-state index in [1.165, 1.54) is 19.3 Å². The van der Waals surface area contributed by atoms with Crippen LogP contribution in [0, 0.1) is 0 Å². The van der Waals surface area contributed by atoms with Crippen molar-refractivity contribution < 1.29 is 19.1 Å². The maximum atomic E-state index is 12.4. The Balaban J connectivity index is 0.000000463. The second-order valence-corrected chi connectivity index (χ2v) is 5.64. The number of fused-ring (bicyclic) bond motifs is 1. The molecule has 1 aliphatic rings. The molecule has 2 aromatic heterocycles. The summed E-state index contributed by atoms with van der Waals surface area (Å²) in [4.78, 5) is 16.5. The number of anilines is 1. The normalized spacial score (nSPS) is 11.4. The lowest BCUT2D eigenvalue weighted by atomic mass is 10.2. The fourth-order valence-electron chi connectivity index (χ4n) is 2.15. The Morgan fingerprint density at radius 3 is 2.44 bits per heavy atom. The van der Waals surface area contributed by atoms with Gasteiger partial charge in [-0.1, -0.05) is 25.8 Å². The average molecular weight is 368 g/mol. The summed E-state index contributed by atoms with van der Waals surface area (Å²) in [6, 6.07) is 10.5. The summed E-state index contributed by atoms with van der Waals surface area (Å²) in [5, 5.41) is 10.6. The number of aromatic nitrogens is 1. The molecule has 4 rings (SSSR count). The number of benzene rings is 1. The smallest absolute Gasteiger partial charge is 0.255 e. The molecule has 0 bridgehead atoms. The molecule has 1 saturated carbocycles. The Labute approximate surface area is 158 Å². The van der Waals surface area contributed by atoms with E-state index in [4.69, 9.17) is 14.3 Å². The van der Waals surface area contributed by atoms with Crippen LogP contribution in [-0.4, -0.2) is 30.2 Å². The van der Waals surface area contributed by atoms with Gasteiger partial charge in [0.15, 0.2) is 5.76 Å². The number of carbonyl (C=O) groups excluding carboxylic acids is 1. The van der Waals surface area contributed by atoms with Gasteiger partial charge in [-0.25, -0.2) is 4.98 Å². The third-order valence-corrected chi connectivity index (χ3v) is 3.62. The van der Waals surface area contributed by atoms with E-state index in [1.807, 2.05) is 6.07 Å². The van der Waals surface area contributed by atoms with Crippen LogP contribution < -0.4 is 10.1 Å². The monoisotopic (exact) mass is 368 g/mol. The minimum Gasteiger partial charge on any atom is -0.497 e. The lowest BCUT2D eigenvalue weighted by Crippen LogP contribution is -2.12. The van der Waals surface area contributed by atoms with E-state index in [0.717, 1.165) is 12.5 Å². The molecule has 0 saturated heterocycles. The molecule has 6 nitrogen and oxygen atoms in total. The SMILES string of the molecule is C1CC1.C=Cc1oc2ncccc2c1NC(=O)c1ccc(OC)cc1.CO. The molecule has 6 heteroatoms. The molecule has 0 aliphatic heterocycles. The summed E-state index contributed by atoms with van der Waals surface area (Å²) in [5.74, 6) is 0.939. The van der Waals surface area contributed by atoms with Crippen molar-refractivity contribution in [3.63, 3.8) is 0 Å². The number of aliphatic hydroxyl groups excluding tert-OH is 1. The van der Waals surface area contributed by atoms with E-state index in [2.05, 4.69) is 16.9 Å². The highest BCUT2D eigenvalue weighted by Crippen LogP contribution is 2.30. The third kappa shape index (κ3) is 5.43. The van der Waals surface area contributed by atoms with Gasteiger partial charge in [0.05, 0.1) is 18.2 Å². The zero-order chi connectivity index (χ0) is 19.6. The molecule has 0 atom stereocenters. The first-order valence-electron chi connectivity index (χ1n) is 8.63. The topological polar surface area (TPSA) is 84.6 Å². The summed E-state index contributed by atoms with van der Waals surface area (Å²) in [7, 11) is 2.58. The second kappa shape index (κ2) is 10.1. The number of rotatable bonds is 4. The fraction of sp³-hybridized carbons (Fsp3) is 0.238. The van der Waals surface area contributed by atoms with E-state index < -0.39 is 0 Å². The quantitative estimate of drug-likeness (QED) is 0.708. The summed E-state index contributed by atoms with van der Waals surface area (Å²) < 4.78 is 10.6. The standard InChI is InChI=1S/C17H14N2O3.C3H6.CH4O/c1-3-14-15(13-5-4-10-18-17(13)22-14)19-16(20)11-6-8-12(21-2)9-7-11;1-2-3-1;1-2/h3-10H,1H2,2H3,(H,19,20);1-3H2;2H,1H3. The van der Waals surface area contributed by atoms with E-state index in [9.17, 15) is 4.79 Å². The lowest BCUT2D eigenvalue weighted by molar-refractivity contribution is 0.102. The fourth-order valence-corrected chi connectivity index (χ4v) is 2.15. The van der Waals surface area contributed by atoms with Gasteiger partial charge in [0.1, 0.15) is 5.75 Å². The van der Waals surface area contributed by atoms with Crippen molar-refractivity contribution in [2.45, 2.75) is 19.3 Å². The minimum atomic E-state index is -0.239. The number of pyridine rings is 1. The van der Waals surface area contributed by atoms with Crippen LogP contribution in [-0.2, 0) is 0 Å². The van der Waals surface area contributed by atoms with Crippen molar-refractivity contribution in [2.75, 3.05) is 19.5 Å². The van der Waals surface area contributed by atoms with Gasteiger partial charge in [0.2, 0.25) is 5.71 Å². The third-order valence-electron chi connectivity index (χ3n) is 3.62. The van der Waals surface area contributed by atoms with Crippen LogP contribution in [0.2, 0.25) is 0 Å². The van der Waals surface area contributed by atoms with Crippen LogP contribution in [0.1, 0.15) is 35.4 Å². The predicted molar refractivity (Wildman–Crippen MR) is 107 cm³/mol. The van der Waals surface area contributed by atoms with Gasteiger partial charge >= 0.3 is 0 Å². The highest BCUT2D eigenvalue weighted by molar-refractivity contribution is 6.09. The van der Waals surface area contributed by atoms with Gasteiger partial charge in [-0.2, -0.15) is 0 Å². The van der Waals surface area contributed by atoms with Crippen molar-refractivity contribution in [1.29, 1.82) is 0 Å².